The maximum absolute atomic E-state index is 15.2. The number of pyridine rings is 2. The van der Waals surface area contributed by atoms with Crippen LogP contribution in [0.4, 0.5) is 26.1 Å². The van der Waals surface area contributed by atoms with Crippen molar-refractivity contribution in [1.82, 2.24) is 24.4 Å². The first kappa shape index (κ1) is 35.1. The van der Waals surface area contributed by atoms with E-state index in [2.05, 4.69) is 25.9 Å². The van der Waals surface area contributed by atoms with E-state index in [1.807, 2.05) is 0 Å². The average molecular weight is 686 g/mol. The molecule has 4 N–H and O–H groups in total. The number of halogens is 2. The number of aromatic nitrogens is 4. The molecule has 5 aromatic rings. The maximum atomic E-state index is 15.2. The van der Waals surface area contributed by atoms with Crippen molar-refractivity contribution in [3.05, 3.63) is 129 Å². The molecule has 2 amide bonds. The van der Waals surface area contributed by atoms with Crippen molar-refractivity contribution in [2.45, 2.75) is 39.3 Å². The third-order valence-electron chi connectivity index (χ3n) is 7.11. The quantitative estimate of drug-likeness (QED) is 0.151. The number of carbonyl (C=O) groups excluding carboxylic acids is 2. The summed E-state index contributed by atoms with van der Waals surface area (Å²) in [5.41, 5.74) is -2.72. The highest BCUT2D eigenvalue weighted by atomic mass is 19.1. The average Bonchev–Trinajstić information content (AvgIpc) is 3.06. The lowest BCUT2D eigenvalue weighted by Gasteiger charge is -2.17. The number of rotatable bonds is 11. The molecule has 0 aliphatic rings. The van der Waals surface area contributed by atoms with E-state index in [0.717, 1.165) is 29.0 Å². The van der Waals surface area contributed by atoms with E-state index in [1.165, 1.54) is 53.4 Å². The molecule has 0 aliphatic carbocycles. The number of benzene rings is 2. The van der Waals surface area contributed by atoms with Crippen molar-refractivity contribution in [1.29, 1.82) is 0 Å². The van der Waals surface area contributed by atoms with Crippen molar-refractivity contribution in [3.8, 4) is 17.2 Å². The Morgan fingerprint density at radius 3 is 2.32 bits per heavy atom. The maximum Gasteiger partial charge on any atom is 0.335 e. The van der Waals surface area contributed by atoms with Gasteiger partial charge in [0.1, 0.15) is 28.8 Å². The molecule has 3 aromatic heterocycles. The monoisotopic (exact) mass is 685 g/mol. The summed E-state index contributed by atoms with van der Waals surface area (Å²) in [5, 5.41) is 17.9. The molecule has 0 fully saturated rings. The van der Waals surface area contributed by atoms with E-state index in [4.69, 9.17) is 4.74 Å². The van der Waals surface area contributed by atoms with Crippen LogP contribution in [0.1, 0.15) is 54.5 Å². The molecule has 13 nitrogen and oxygen atoms in total. The highest BCUT2D eigenvalue weighted by molar-refractivity contribution is 6.04. The fourth-order valence-corrected chi connectivity index (χ4v) is 4.58. The Morgan fingerprint density at radius 1 is 0.940 bits per heavy atom. The van der Waals surface area contributed by atoms with Gasteiger partial charge in [-0.15, -0.1) is 0 Å². The van der Waals surface area contributed by atoms with Crippen LogP contribution in [0.5, 0.6) is 11.5 Å². The molecule has 15 heteroatoms. The summed E-state index contributed by atoms with van der Waals surface area (Å²) in [7, 11) is 0. The standard InChI is InChI=1S/C35H33F2N7O6/c1-20(2)43-18-26(33(47)44(34(43)48)24-9-6-22(36)7-10-24)32(46)41-23-8-11-28(27(37)15-23)50-25-13-14-38-30(16-25)42-29-12-5-21(17-39-29)31(45)40-19-35(3,4)49/h5-18,20,49H,19H2,1-4H3,(H,40,45)(H,41,46)(H,38,39,42). The van der Waals surface area contributed by atoms with Crippen LogP contribution in [-0.4, -0.2) is 48.2 Å². The van der Waals surface area contributed by atoms with Crippen molar-refractivity contribution in [2.75, 3.05) is 17.2 Å². The molecular weight excluding hydrogens is 652 g/mol. The van der Waals surface area contributed by atoms with Crippen LogP contribution in [0.25, 0.3) is 5.69 Å². The summed E-state index contributed by atoms with van der Waals surface area (Å²) >= 11 is 0. The predicted molar refractivity (Wildman–Crippen MR) is 181 cm³/mol. The zero-order chi connectivity index (χ0) is 36.2. The Balaban J connectivity index is 1.28. The topological polar surface area (TPSA) is 169 Å². The second-order valence-corrected chi connectivity index (χ2v) is 12.1. The van der Waals surface area contributed by atoms with Gasteiger partial charge < -0.3 is 25.8 Å². The van der Waals surface area contributed by atoms with Gasteiger partial charge in [0.05, 0.1) is 16.9 Å². The minimum atomic E-state index is -1.06. The largest absolute Gasteiger partial charge is 0.454 e. The lowest BCUT2D eigenvalue weighted by atomic mass is 10.1. The number of anilines is 3. The van der Waals surface area contributed by atoms with Crippen molar-refractivity contribution < 1.29 is 28.2 Å². The van der Waals surface area contributed by atoms with E-state index < -0.39 is 51.9 Å². The SMILES string of the molecule is CC(C)n1cc(C(=O)Nc2ccc(Oc3ccnc(Nc4ccc(C(=O)NCC(C)(C)O)cn4)c3)c(F)c2)c(=O)n(-c2ccc(F)cc2)c1=O. The molecule has 0 saturated carbocycles. The van der Waals surface area contributed by atoms with Gasteiger partial charge in [0, 0.05) is 49.0 Å². The van der Waals surface area contributed by atoms with Gasteiger partial charge in [-0.2, -0.15) is 0 Å². The number of hydrogen-bond donors (Lipinski definition) is 4. The molecule has 0 aliphatic heterocycles. The molecule has 50 heavy (non-hydrogen) atoms. The number of hydrogen-bond acceptors (Lipinski definition) is 9. The van der Waals surface area contributed by atoms with E-state index in [0.29, 0.717) is 17.2 Å². The second kappa shape index (κ2) is 14.5. The molecule has 3 heterocycles. The molecular formula is C35H33F2N7O6. The molecule has 0 bridgehead atoms. The third-order valence-corrected chi connectivity index (χ3v) is 7.11. The van der Waals surface area contributed by atoms with Crippen LogP contribution < -0.4 is 31.9 Å². The van der Waals surface area contributed by atoms with Gasteiger partial charge >= 0.3 is 5.69 Å². The zero-order valence-corrected chi connectivity index (χ0v) is 27.4. The minimum absolute atomic E-state index is 0.00948. The Kier molecular flexibility index (Phi) is 10.2. The van der Waals surface area contributed by atoms with Gasteiger partial charge in [-0.3, -0.25) is 19.0 Å². The van der Waals surface area contributed by atoms with E-state index in [1.54, 1.807) is 39.8 Å². The number of nitrogens with zero attached hydrogens (tertiary/aromatic N) is 4. The van der Waals surface area contributed by atoms with Gasteiger partial charge in [-0.05, 0) is 82.3 Å². The second-order valence-electron chi connectivity index (χ2n) is 12.1. The van der Waals surface area contributed by atoms with Crippen LogP contribution >= 0.6 is 0 Å². The first-order chi connectivity index (χ1) is 23.7. The number of amides is 2. The van der Waals surface area contributed by atoms with Crippen LogP contribution in [0, 0.1) is 11.6 Å². The first-order valence-electron chi connectivity index (χ1n) is 15.3. The molecule has 0 radical (unpaired) electrons. The van der Waals surface area contributed by atoms with Crippen LogP contribution in [-0.2, 0) is 0 Å². The molecule has 0 atom stereocenters. The van der Waals surface area contributed by atoms with Gasteiger partial charge in [-0.25, -0.2) is 28.1 Å². The number of aliphatic hydroxyl groups is 1. The molecule has 0 saturated heterocycles. The molecule has 258 valence electrons. The fourth-order valence-electron chi connectivity index (χ4n) is 4.58. The van der Waals surface area contributed by atoms with Crippen LogP contribution in [0.2, 0.25) is 0 Å². The summed E-state index contributed by atoms with van der Waals surface area (Å²) in [5.74, 6) is -1.96. The van der Waals surface area contributed by atoms with Gasteiger partial charge in [0.15, 0.2) is 11.6 Å². The van der Waals surface area contributed by atoms with Gasteiger partial charge in [0.25, 0.3) is 17.4 Å². The highest BCUT2D eigenvalue weighted by Gasteiger charge is 2.21. The third kappa shape index (κ3) is 8.43. The lowest BCUT2D eigenvalue weighted by molar-refractivity contribution is 0.0694. The van der Waals surface area contributed by atoms with E-state index in [9.17, 15) is 28.7 Å². The van der Waals surface area contributed by atoms with Crippen LogP contribution in [0.3, 0.4) is 0 Å². The number of nitrogens with one attached hydrogen (secondary N) is 3. The molecule has 0 spiro atoms. The fraction of sp³-hybridized carbons (Fsp3) is 0.200. The molecule has 5 rings (SSSR count). The minimum Gasteiger partial charge on any atom is -0.454 e. The summed E-state index contributed by atoms with van der Waals surface area (Å²) in [6, 6.07) is 14.0. The Labute approximate surface area is 284 Å². The Bertz CT molecular complexity index is 2160. The Morgan fingerprint density at radius 2 is 1.68 bits per heavy atom. The Hall–Kier alpha value is -6.22. The van der Waals surface area contributed by atoms with Crippen molar-refractivity contribution in [3.63, 3.8) is 0 Å². The van der Waals surface area contributed by atoms with Gasteiger partial charge in [0.2, 0.25) is 0 Å². The lowest BCUT2D eigenvalue weighted by Crippen LogP contribution is -2.42. The molecule has 0 unspecified atom stereocenters. The summed E-state index contributed by atoms with van der Waals surface area (Å²) < 4.78 is 36.4. The van der Waals surface area contributed by atoms with E-state index >= 15 is 4.39 Å². The highest BCUT2D eigenvalue weighted by Crippen LogP contribution is 2.28. The smallest absolute Gasteiger partial charge is 0.335 e. The number of carbonyl (C=O) groups is 2. The van der Waals surface area contributed by atoms with Gasteiger partial charge in [-0.1, -0.05) is 0 Å². The van der Waals surface area contributed by atoms with Crippen LogP contribution in [0.15, 0.2) is 94.9 Å². The van der Waals surface area contributed by atoms with E-state index in [-0.39, 0.29) is 29.4 Å². The first-order valence-corrected chi connectivity index (χ1v) is 15.3. The normalized spacial score (nSPS) is 11.3. The summed E-state index contributed by atoms with van der Waals surface area (Å²) in [4.78, 5) is 60.3. The summed E-state index contributed by atoms with van der Waals surface area (Å²) in [6.45, 7) is 6.60. The zero-order valence-electron chi connectivity index (χ0n) is 27.4. The summed E-state index contributed by atoms with van der Waals surface area (Å²) in [6.07, 6.45) is 3.92. The predicted octanol–water partition coefficient (Wildman–Crippen LogP) is 4.94. The van der Waals surface area contributed by atoms with Crippen molar-refractivity contribution >= 4 is 29.1 Å². The molecule has 2 aromatic carbocycles. The van der Waals surface area contributed by atoms with Crippen molar-refractivity contribution in [2.24, 2.45) is 0 Å². The number of ether oxygens (including phenoxy) is 1.